The highest BCUT2D eigenvalue weighted by Gasteiger charge is 2.53. The zero-order valence-electron chi connectivity index (χ0n) is 13.2. The van der Waals surface area contributed by atoms with Gasteiger partial charge in [0.05, 0.1) is 21.5 Å². The zero-order valence-corrected chi connectivity index (χ0v) is 14.1. The Labute approximate surface area is 135 Å². The first kappa shape index (κ1) is 15.4. The van der Waals surface area contributed by atoms with E-state index in [0.717, 1.165) is 10.3 Å². The van der Waals surface area contributed by atoms with E-state index in [1.54, 1.807) is 5.51 Å². The molecule has 2 heterocycles. The highest BCUT2D eigenvalue weighted by molar-refractivity contribution is 7.21. The van der Waals surface area contributed by atoms with Crippen molar-refractivity contribution < 1.29 is 9.31 Å². The molecular formula is C16H19BN2O2S. The van der Waals surface area contributed by atoms with E-state index in [-0.39, 0.29) is 11.2 Å². The van der Waals surface area contributed by atoms with Crippen molar-refractivity contribution in [2.24, 2.45) is 4.99 Å². The molecule has 1 aliphatic rings. The molecule has 1 aromatic carbocycles. The van der Waals surface area contributed by atoms with Crippen molar-refractivity contribution >= 4 is 35.3 Å². The summed E-state index contributed by atoms with van der Waals surface area (Å²) in [5, 5.41) is 0. The van der Waals surface area contributed by atoms with Gasteiger partial charge in [-0.15, -0.1) is 11.3 Å². The minimum Gasteiger partial charge on any atom is -0.399 e. The van der Waals surface area contributed by atoms with Crippen LogP contribution in [0.25, 0.3) is 0 Å². The molecule has 0 saturated carbocycles. The normalized spacial score (nSPS) is 19.9. The predicted molar refractivity (Wildman–Crippen MR) is 91.5 cm³/mol. The third kappa shape index (κ3) is 2.86. The molecule has 0 radical (unpaired) electrons. The largest absolute Gasteiger partial charge is 0.509 e. The number of hydrogen-bond acceptors (Lipinski definition) is 5. The van der Waals surface area contributed by atoms with Gasteiger partial charge in [0.2, 0.25) is 0 Å². The number of aliphatic imine (C=N–C) groups is 1. The summed E-state index contributed by atoms with van der Waals surface area (Å²) in [6.07, 6.45) is 1.81. The van der Waals surface area contributed by atoms with Crippen molar-refractivity contribution in [3.05, 3.63) is 41.4 Å². The van der Waals surface area contributed by atoms with Crippen molar-refractivity contribution in [1.82, 2.24) is 4.98 Å². The van der Waals surface area contributed by atoms with E-state index in [1.807, 2.05) is 64.2 Å². The lowest BCUT2D eigenvalue weighted by molar-refractivity contribution is 0.00578. The molecule has 1 aromatic heterocycles. The van der Waals surface area contributed by atoms with Crippen molar-refractivity contribution in [3.8, 4) is 0 Å². The maximum atomic E-state index is 6.08. The fourth-order valence-corrected chi connectivity index (χ4v) is 2.82. The molecular weight excluding hydrogens is 295 g/mol. The van der Waals surface area contributed by atoms with Crippen LogP contribution in [0.5, 0.6) is 0 Å². The molecule has 1 fully saturated rings. The number of hydrogen-bond donors (Lipinski definition) is 0. The smallest absolute Gasteiger partial charge is 0.399 e. The van der Waals surface area contributed by atoms with Crippen LogP contribution in [-0.4, -0.2) is 29.5 Å². The Kier molecular flexibility index (Phi) is 3.93. The molecule has 1 aliphatic heterocycles. The lowest BCUT2D eigenvalue weighted by Crippen LogP contribution is -2.41. The molecule has 0 unspecified atom stereocenters. The van der Waals surface area contributed by atoms with E-state index in [1.165, 1.54) is 11.3 Å². The maximum absolute atomic E-state index is 6.08. The van der Waals surface area contributed by atoms with E-state index in [2.05, 4.69) is 9.98 Å². The summed E-state index contributed by atoms with van der Waals surface area (Å²) in [5.41, 5.74) is 2.10. The summed E-state index contributed by atoms with van der Waals surface area (Å²) in [6, 6.07) is 9.96. The highest BCUT2D eigenvalue weighted by Crippen LogP contribution is 2.37. The summed E-state index contributed by atoms with van der Waals surface area (Å²) in [7, 11) is -0.416. The van der Waals surface area contributed by atoms with Crippen molar-refractivity contribution in [2.75, 3.05) is 0 Å². The number of rotatable bonds is 3. The van der Waals surface area contributed by atoms with Crippen LogP contribution in [0.2, 0.25) is 0 Å². The van der Waals surface area contributed by atoms with Gasteiger partial charge in [0.25, 0.3) is 0 Å². The van der Waals surface area contributed by atoms with Crippen LogP contribution in [0, 0.1) is 0 Å². The summed E-state index contributed by atoms with van der Waals surface area (Å²) >= 11 is 1.51. The average Bonchev–Trinajstić information content (AvgIpc) is 3.00. The molecule has 22 heavy (non-hydrogen) atoms. The Morgan fingerprint density at radius 1 is 1.09 bits per heavy atom. The summed E-state index contributed by atoms with van der Waals surface area (Å²) in [5.74, 6) is 0.660. The maximum Gasteiger partial charge on any atom is 0.509 e. The van der Waals surface area contributed by atoms with Gasteiger partial charge in [0.15, 0.2) is 5.82 Å². The number of nitrogens with zero attached hydrogens (tertiary/aromatic N) is 2. The molecule has 0 amide bonds. The fraction of sp³-hybridized carbons (Fsp3) is 0.375. The third-order valence-corrected chi connectivity index (χ3v) is 5.02. The van der Waals surface area contributed by atoms with Gasteiger partial charge in [-0.1, -0.05) is 30.3 Å². The lowest BCUT2D eigenvalue weighted by Gasteiger charge is -2.32. The monoisotopic (exact) mass is 314 g/mol. The predicted octanol–water partition coefficient (Wildman–Crippen LogP) is 3.19. The Bertz CT molecular complexity index is 666. The van der Waals surface area contributed by atoms with Gasteiger partial charge >= 0.3 is 7.12 Å². The molecule has 2 aromatic rings. The van der Waals surface area contributed by atoms with Crippen LogP contribution in [0.4, 0.5) is 5.82 Å². The minimum absolute atomic E-state index is 0.359. The quantitative estimate of drug-likeness (QED) is 0.645. The SMILES string of the molecule is CC1(C)OB(c2scnc2N=Cc2ccccc2)OC1(C)C. The molecule has 4 nitrogen and oxygen atoms in total. The zero-order chi connectivity index (χ0) is 15.8. The molecule has 0 N–H and O–H groups in total. The molecule has 1 saturated heterocycles. The average molecular weight is 314 g/mol. The van der Waals surface area contributed by atoms with Gasteiger partial charge in [-0.25, -0.2) is 9.98 Å². The van der Waals surface area contributed by atoms with Gasteiger partial charge in [-0.2, -0.15) is 0 Å². The van der Waals surface area contributed by atoms with Crippen molar-refractivity contribution in [1.29, 1.82) is 0 Å². The number of thiazole rings is 1. The molecule has 0 bridgehead atoms. The van der Waals surface area contributed by atoms with Crippen LogP contribution in [0.3, 0.4) is 0 Å². The van der Waals surface area contributed by atoms with Gasteiger partial charge in [0.1, 0.15) is 0 Å². The van der Waals surface area contributed by atoms with Crippen LogP contribution in [0.1, 0.15) is 33.3 Å². The van der Waals surface area contributed by atoms with Crippen LogP contribution >= 0.6 is 11.3 Å². The second-order valence-electron chi connectivity index (χ2n) is 6.30. The second-order valence-corrected chi connectivity index (χ2v) is 7.18. The molecule has 0 spiro atoms. The van der Waals surface area contributed by atoms with Crippen LogP contribution in [-0.2, 0) is 9.31 Å². The molecule has 0 aliphatic carbocycles. The standard InChI is InChI=1S/C16H19BN2O2S/c1-15(2)16(3,4)21-17(20-15)13-14(19-11-22-13)18-10-12-8-6-5-7-9-12/h5-11H,1-4H3. The molecule has 3 rings (SSSR count). The summed E-state index contributed by atoms with van der Waals surface area (Å²) in [6.45, 7) is 8.17. The Hall–Kier alpha value is -1.50. The van der Waals surface area contributed by atoms with E-state index in [0.29, 0.717) is 5.82 Å². The molecule has 0 atom stereocenters. The first-order valence-electron chi connectivity index (χ1n) is 7.27. The van der Waals surface area contributed by atoms with Gasteiger partial charge in [-0.05, 0) is 33.3 Å². The second kappa shape index (κ2) is 5.61. The fourth-order valence-electron chi connectivity index (χ4n) is 2.13. The van der Waals surface area contributed by atoms with Crippen LogP contribution < -0.4 is 4.78 Å². The topological polar surface area (TPSA) is 43.7 Å². The molecule has 6 heteroatoms. The minimum atomic E-state index is -0.416. The van der Waals surface area contributed by atoms with Crippen molar-refractivity contribution in [3.63, 3.8) is 0 Å². The highest BCUT2D eigenvalue weighted by atomic mass is 32.1. The lowest BCUT2D eigenvalue weighted by atomic mass is 9.88. The number of benzene rings is 1. The summed E-state index contributed by atoms with van der Waals surface area (Å²) in [4.78, 5) is 8.82. The summed E-state index contributed by atoms with van der Waals surface area (Å²) < 4.78 is 13.1. The first-order valence-corrected chi connectivity index (χ1v) is 8.15. The first-order chi connectivity index (χ1) is 10.4. The Balaban J connectivity index is 1.83. The van der Waals surface area contributed by atoms with E-state index >= 15 is 0 Å². The van der Waals surface area contributed by atoms with Gasteiger partial charge < -0.3 is 9.31 Å². The third-order valence-electron chi connectivity index (χ3n) is 4.18. The van der Waals surface area contributed by atoms with Gasteiger partial charge in [0, 0.05) is 6.21 Å². The van der Waals surface area contributed by atoms with E-state index in [4.69, 9.17) is 9.31 Å². The van der Waals surface area contributed by atoms with E-state index < -0.39 is 7.12 Å². The Morgan fingerprint density at radius 2 is 1.73 bits per heavy atom. The molecule has 114 valence electrons. The van der Waals surface area contributed by atoms with E-state index in [9.17, 15) is 0 Å². The number of aromatic nitrogens is 1. The van der Waals surface area contributed by atoms with Gasteiger partial charge in [-0.3, -0.25) is 0 Å². The Morgan fingerprint density at radius 3 is 2.36 bits per heavy atom. The van der Waals surface area contributed by atoms with Crippen molar-refractivity contribution in [2.45, 2.75) is 38.9 Å². The van der Waals surface area contributed by atoms with Crippen LogP contribution in [0.15, 0.2) is 40.8 Å².